The van der Waals surface area contributed by atoms with E-state index in [9.17, 15) is 9.90 Å². The lowest BCUT2D eigenvalue weighted by molar-refractivity contribution is -0.212. The number of aliphatic hydroxyl groups is 1. The van der Waals surface area contributed by atoms with Crippen LogP contribution in [0.15, 0.2) is 10.6 Å². The van der Waals surface area contributed by atoms with Crippen LogP contribution in [0.2, 0.25) is 0 Å². The van der Waals surface area contributed by atoms with Crippen LogP contribution < -0.4 is 0 Å². The second-order valence-electron chi connectivity index (χ2n) is 8.29. The molecule has 0 aromatic carbocycles. The zero-order chi connectivity index (χ0) is 18.3. The first kappa shape index (κ1) is 17.9. The average molecular weight is 364 g/mol. The molecule has 0 unspecified atom stereocenters. The van der Waals surface area contributed by atoms with Crippen LogP contribution in [0.3, 0.4) is 0 Å². The molecular weight excluding hydrogens is 336 g/mol. The summed E-state index contributed by atoms with van der Waals surface area (Å²) in [4.78, 5) is 15.0. The molecule has 3 saturated heterocycles. The standard InChI is InChI=1S/C19H28N2O5/c1-12(2)7-14-8-17(26-20-14)18(22)21-9-13-10-25-6-4-19(13,23)15-11-24-5-3-16(15)21/h8,12-13,15-16,23H,3-7,9-11H2,1-2H3/t13-,15+,16-,19-/m0/s1. The van der Waals surface area contributed by atoms with Crippen molar-refractivity contribution in [1.82, 2.24) is 10.1 Å². The van der Waals surface area contributed by atoms with Crippen molar-refractivity contribution in [2.75, 3.05) is 33.0 Å². The van der Waals surface area contributed by atoms with Crippen molar-refractivity contribution in [3.05, 3.63) is 17.5 Å². The van der Waals surface area contributed by atoms with E-state index in [-0.39, 0.29) is 29.5 Å². The van der Waals surface area contributed by atoms with Gasteiger partial charge in [-0.3, -0.25) is 4.79 Å². The molecule has 3 aliphatic rings. The zero-order valence-corrected chi connectivity index (χ0v) is 15.5. The van der Waals surface area contributed by atoms with Crippen LogP contribution in [0, 0.1) is 17.8 Å². The van der Waals surface area contributed by atoms with Crippen LogP contribution >= 0.6 is 0 Å². The first-order chi connectivity index (χ1) is 12.5. The Morgan fingerprint density at radius 3 is 3.00 bits per heavy atom. The summed E-state index contributed by atoms with van der Waals surface area (Å²) < 4.78 is 16.6. The molecule has 0 saturated carbocycles. The van der Waals surface area contributed by atoms with Gasteiger partial charge in [0.05, 0.1) is 24.5 Å². The van der Waals surface area contributed by atoms with Crippen molar-refractivity contribution in [3.63, 3.8) is 0 Å². The van der Waals surface area contributed by atoms with E-state index in [4.69, 9.17) is 14.0 Å². The van der Waals surface area contributed by atoms with Gasteiger partial charge in [-0.2, -0.15) is 0 Å². The van der Waals surface area contributed by atoms with Crippen molar-refractivity contribution < 1.29 is 23.9 Å². The van der Waals surface area contributed by atoms with Crippen LogP contribution in [0.1, 0.15) is 42.9 Å². The van der Waals surface area contributed by atoms with Crippen molar-refractivity contribution in [2.45, 2.75) is 44.8 Å². The zero-order valence-electron chi connectivity index (χ0n) is 15.5. The lowest BCUT2D eigenvalue weighted by Crippen LogP contribution is -2.68. The summed E-state index contributed by atoms with van der Waals surface area (Å²) in [5.74, 6) is 0.416. The van der Waals surface area contributed by atoms with E-state index in [2.05, 4.69) is 19.0 Å². The Balaban J connectivity index is 1.58. The summed E-state index contributed by atoms with van der Waals surface area (Å²) in [7, 11) is 0. The van der Waals surface area contributed by atoms with Gasteiger partial charge in [-0.15, -0.1) is 0 Å². The molecule has 144 valence electrons. The average Bonchev–Trinajstić information content (AvgIpc) is 3.08. The van der Waals surface area contributed by atoms with Crippen LogP contribution in [0.4, 0.5) is 0 Å². The van der Waals surface area contributed by atoms with Crippen LogP contribution in [-0.2, 0) is 15.9 Å². The normalized spacial score (nSPS) is 34.5. The number of fused-ring (bicyclic) bond motifs is 3. The number of likely N-dealkylation sites (tertiary alicyclic amines) is 1. The summed E-state index contributed by atoms with van der Waals surface area (Å²) in [6, 6.07) is 1.73. The van der Waals surface area contributed by atoms with Gasteiger partial charge in [-0.1, -0.05) is 19.0 Å². The molecule has 0 spiro atoms. The summed E-state index contributed by atoms with van der Waals surface area (Å²) in [5.41, 5.74) is -0.00830. The second-order valence-corrected chi connectivity index (χ2v) is 8.29. The second kappa shape index (κ2) is 6.94. The molecule has 1 amide bonds. The van der Waals surface area contributed by atoms with Gasteiger partial charge in [0.25, 0.3) is 5.91 Å². The molecule has 4 rings (SSSR count). The van der Waals surface area contributed by atoms with Gasteiger partial charge in [0.15, 0.2) is 0 Å². The number of ether oxygens (including phenoxy) is 2. The van der Waals surface area contributed by atoms with E-state index in [1.165, 1.54) is 0 Å². The van der Waals surface area contributed by atoms with Gasteiger partial charge >= 0.3 is 0 Å². The SMILES string of the molecule is CC(C)Cc1cc(C(=O)N2C[C@H]3COCC[C@@]3(O)[C@@H]3COCC[C@@H]32)on1. The molecule has 4 atom stereocenters. The van der Waals surface area contributed by atoms with Crippen molar-refractivity contribution in [2.24, 2.45) is 17.8 Å². The number of rotatable bonds is 3. The van der Waals surface area contributed by atoms with Gasteiger partial charge in [-0.05, 0) is 18.8 Å². The molecule has 1 aromatic heterocycles. The molecule has 1 aromatic rings. The summed E-state index contributed by atoms with van der Waals surface area (Å²) in [6.07, 6.45) is 2.12. The quantitative estimate of drug-likeness (QED) is 0.875. The highest BCUT2D eigenvalue weighted by Crippen LogP contribution is 2.44. The Morgan fingerprint density at radius 2 is 2.19 bits per heavy atom. The number of carbonyl (C=O) groups excluding carboxylic acids is 1. The Morgan fingerprint density at radius 1 is 1.38 bits per heavy atom. The third kappa shape index (κ3) is 3.06. The number of nitrogens with zero attached hydrogens (tertiary/aromatic N) is 2. The lowest BCUT2D eigenvalue weighted by Gasteiger charge is -2.56. The van der Waals surface area contributed by atoms with E-state index in [0.717, 1.165) is 18.5 Å². The molecular formula is C19H28N2O5. The highest BCUT2D eigenvalue weighted by molar-refractivity contribution is 5.92. The Bertz CT molecular complexity index is 660. The van der Waals surface area contributed by atoms with Crippen molar-refractivity contribution in [1.29, 1.82) is 0 Å². The van der Waals surface area contributed by atoms with Gasteiger partial charge in [0, 0.05) is 50.1 Å². The van der Waals surface area contributed by atoms with Crippen LogP contribution in [0.25, 0.3) is 0 Å². The third-order valence-electron chi connectivity index (χ3n) is 6.10. The summed E-state index contributed by atoms with van der Waals surface area (Å²) in [5, 5.41) is 15.4. The number of carbonyl (C=O) groups is 1. The maximum Gasteiger partial charge on any atom is 0.292 e. The van der Waals surface area contributed by atoms with E-state index >= 15 is 0 Å². The molecule has 0 radical (unpaired) electrons. The molecule has 0 aliphatic carbocycles. The van der Waals surface area contributed by atoms with Crippen molar-refractivity contribution in [3.8, 4) is 0 Å². The van der Waals surface area contributed by atoms with Gasteiger partial charge in [-0.25, -0.2) is 0 Å². The highest BCUT2D eigenvalue weighted by atomic mass is 16.5. The van der Waals surface area contributed by atoms with Crippen molar-refractivity contribution >= 4 is 5.91 Å². The van der Waals surface area contributed by atoms with Crippen LogP contribution in [-0.4, -0.2) is 65.7 Å². The Hall–Kier alpha value is -1.44. The first-order valence-electron chi connectivity index (χ1n) is 9.63. The number of amides is 1. The number of hydrogen-bond acceptors (Lipinski definition) is 6. The van der Waals surface area contributed by atoms with E-state index < -0.39 is 5.60 Å². The summed E-state index contributed by atoms with van der Waals surface area (Å²) >= 11 is 0. The van der Waals surface area contributed by atoms with E-state index in [0.29, 0.717) is 45.3 Å². The minimum Gasteiger partial charge on any atom is -0.389 e. The fourth-order valence-corrected chi connectivity index (χ4v) is 4.76. The molecule has 7 heteroatoms. The van der Waals surface area contributed by atoms with Crippen LogP contribution in [0.5, 0.6) is 0 Å². The number of hydrogen-bond donors (Lipinski definition) is 1. The number of piperidine rings is 1. The monoisotopic (exact) mass is 364 g/mol. The van der Waals surface area contributed by atoms with Gasteiger partial charge in [0.2, 0.25) is 5.76 Å². The maximum absolute atomic E-state index is 13.2. The Kier molecular flexibility index (Phi) is 4.79. The Labute approximate surface area is 153 Å². The molecule has 0 bridgehead atoms. The molecule has 3 fully saturated rings. The fraction of sp³-hybridized carbons (Fsp3) is 0.789. The predicted molar refractivity (Wildman–Crippen MR) is 92.7 cm³/mol. The predicted octanol–water partition coefficient (Wildman–Crippen LogP) is 1.50. The maximum atomic E-state index is 13.2. The largest absolute Gasteiger partial charge is 0.389 e. The minimum absolute atomic E-state index is 0.0331. The van der Waals surface area contributed by atoms with E-state index in [1.807, 2.05) is 4.90 Å². The molecule has 7 nitrogen and oxygen atoms in total. The molecule has 4 heterocycles. The topological polar surface area (TPSA) is 85.0 Å². The first-order valence-corrected chi connectivity index (χ1v) is 9.63. The lowest BCUT2D eigenvalue weighted by atomic mass is 9.66. The highest BCUT2D eigenvalue weighted by Gasteiger charge is 2.56. The molecule has 26 heavy (non-hydrogen) atoms. The third-order valence-corrected chi connectivity index (χ3v) is 6.10. The minimum atomic E-state index is -0.815. The van der Waals surface area contributed by atoms with E-state index in [1.54, 1.807) is 6.07 Å². The fourth-order valence-electron chi connectivity index (χ4n) is 4.76. The summed E-state index contributed by atoms with van der Waals surface area (Å²) in [6.45, 7) is 6.82. The van der Waals surface area contributed by atoms with Gasteiger partial charge in [0.1, 0.15) is 0 Å². The number of aromatic nitrogens is 1. The van der Waals surface area contributed by atoms with Gasteiger partial charge < -0.3 is 24.0 Å². The smallest absolute Gasteiger partial charge is 0.292 e. The molecule has 3 aliphatic heterocycles. The molecule has 1 N–H and O–H groups in total.